The maximum absolute atomic E-state index is 12.7. The third-order valence-electron chi connectivity index (χ3n) is 10.6. The minimum Gasteiger partial charge on any atom is -0.465 e. The molecular formula is C47H85NO5. The topological polar surface area (TPSA) is 76.1 Å². The van der Waals surface area contributed by atoms with E-state index in [9.17, 15) is 14.7 Å². The van der Waals surface area contributed by atoms with Crippen molar-refractivity contribution in [2.75, 3.05) is 32.8 Å². The summed E-state index contributed by atoms with van der Waals surface area (Å²) in [6, 6.07) is 8.66. The standard InChI is InChI=1S/C47H85NO5/c1-4-7-10-12-16-22-32-45(33-23-17-13-11-8-5-2)53-47(51)35-25-19-15-21-27-38-48(39-40-49)37-26-20-14-18-24-34-46(50)52-41-36-44-31-28-30-43(42-44)29-9-6-3/h28,30-31,42,45,49H,4-27,29,32-41H2,1-3H3. The van der Waals surface area contributed by atoms with E-state index in [1.54, 1.807) is 0 Å². The Hall–Kier alpha value is -1.92. The van der Waals surface area contributed by atoms with Crippen LogP contribution in [0.2, 0.25) is 0 Å². The quantitative estimate of drug-likeness (QED) is 0.0534. The van der Waals surface area contributed by atoms with Gasteiger partial charge in [0, 0.05) is 25.8 Å². The van der Waals surface area contributed by atoms with Crippen LogP contribution in [0, 0.1) is 0 Å². The van der Waals surface area contributed by atoms with Crippen LogP contribution in [0.4, 0.5) is 0 Å². The lowest BCUT2D eigenvalue weighted by Crippen LogP contribution is -2.29. The minimum absolute atomic E-state index is 0.0101. The molecule has 0 amide bonds. The fourth-order valence-corrected chi connectivity index (χ4v) is 7.24. The van der Waals surface area contributed by atoms with Gasteiger partial charge in [-0.2, -0.15) is 0 Å². The van der Waals surface area contributed by atoms with Crippen LogP contribution in [0.5, 0.6) is 0 Å². The number of nitrogens with zero attached hydrogens (tertiary/aromatic N) is 1. The Morgan fingerprint density at radius 1 is 0.566 bits per heavy atom. The van der Waals surface area contributed by atoms with Crippen molar-refractivity contribution in [2.45, 2.75) is 219 Å². The number of esters is 2. The summed E-state index contributed by atoms with van der Waals surface area (Å²) in [5, 5.41) is 9.57. The zero-order valence-electron chi connectivity index (χ0n) is 35.2. The van der Waals surface area contributed by atoms with E-state index in [1.807, 2.05) is 0 Å². The van der Waals surface area contributed by atoms with Crippen molar-refractivity contribution in [3.8, 4) is 0 Å². The number of rotatable bonds is 39. The predicted molar refractivity (Wildman–Crippen MR) is 225 cm³/mol. The van der Waals surface area contributed by atoms with Gasteiger partial charge >= 0.3 is 11.9 Å². The van der Waals surface area contributed by atoms with Gasteiger partial charge in [0.25, 0.3) is 0 Å². The molecule has 0 radical (unpaired) electrons. The van der Waals surface area contributed by atoms with Gasteiger partial charge < -0.3 is 19.5 Å². The van der Waals surface area contributed by atoms with Crippen LogP contribution < -0.4 is 0 Å². The SMILES string of the molecule is CCCCCCCCC(CCCCCCCC)OC(=O)CCCCCCCN(CCO)CCCCCCCC(=O)OCCc1cccc(CCCC)c1. The lowest BCUT2D eigenvalue weighted by molar-refractivity contribution is -0.150. The Morgan fingerprint density at radius 3 is 1.58 bits per heavy atom. The summed E-state index contributed by atoms with van der Waals surface area (Å²) in [5.74, 6) is -0.0663. The molecule has 0 unspecified atom stereocenters. The normalized spacial score (nSPS) is 11.5. The molecule has 1 rings (SSSR count). The molecule has 1 N–H and O–H groups in total. The number of carbonyl (C=O) groups excluding carboxylic acids is 2. The summed E-state index contributed by atoms with van der Waals surface area (Å²) >= 11 is 0. The summed E-state index contributed by atoms with van der Waals surface area (Å²) in [5.41, 5.74) is 2.62. The molecule has 308 valence electrons. The summed E-state index contributed by atoms with van der Waals surface area (Å²) in [6.07, 6.45) is 33.7. The van der Waals surface area contributed by atoms with Crippen LogP contribution in [-0.2, 0) is 31.9 Å². The highest BCUT2D eigenvalue weighted by atomic mass is 16.5. The third-order valence-corrected chi connectivity index (χ3v) is 10.6. The predicted octanol–water partition coefficient (Wildman–Crippen LogP) is 12.5. The van der Waals surface area contributed by atoms with E-state index < -0.39 is 0 Å². The fourth-order valence-electron chi connectivity index (χ4n) is 7.24. The number of aryl methyl sites for hydroxylation is 1. The van der Waals surface area contributed by atoms with Crippen LogP contribution >= 0.6 is 0 Å². The highest BCUT2D eigenvalue weighted by Crippen LogP contribution is 2.19. The number of aliphatic hydroxyl groups excluding tert-OH is 1. The number of unbranched alkanes of at least 4 members (excludes halogenated alkanes) is 19. The smallest absolute Gasteiger partial charge is 0.306 e. The molecule has 1 aromatic rings. The first kappa shape index (κ1) is 49.1. The molecule has 0 atom stereocenters. The van der Waals surface area contributed by atoms with Crippen LogP contribution in [0.15, 0.2) is 24.3 Å². The van der Waals surface area contributed by atoms with Crippen LogP contribution in [-0.4, -0.2) is 60.9 Å². The van der Waals surface area contributed by atoms with Crippen molar-refractivity contribution in [3.63, 3.8) is 0 Å². The first-order valence-electron chi connectivity index (χ1n) is 22.8. The zero-order valence-corrected chi connectivity index (χ0v) is 35.2. The van der Waals surface area contributed by atoms with E-state index in [4.69, 9.17) is 9.47 Å². The van der Waals surface area contributed by atoms with E-state index in [-0.39, 0.29) is 24.6 Å². The highest BCUT2D eigenvalue weighted by molar-refractivity contribution is 5.69. The number of ether oxygens (including phenoxy) is 2. The molecule has 0 saturated carbocycles. The van der Waals surface area contributed by atoms with Gasteiger partial charge in [0.2, 0.25) is 0 Å². The Morgan fingerprint density at radius 2 is 1.04 bits per heavy atom. The maximum atomic E-state index is 12.7. The number of hydrogen-bond donors (Lipinski definition) is 1. The first-order chi connectivity index (χ1) is 26.0. The van der Waals surface area contributed by atoms with E-state index in [2.05, 4.69) is 49.9 Å². The minimum atomic E-state index is -0.0764. The van der Waals surface area contributed by atoms with Crippen LogP contribution in [0.1, 0.15) is 212 Å². The highest BCUT2D eigenvalue weighted by Gasteiger charge is 2.14. The number of aliphatic hydroxyl groups is 1. The second-order valence-corrected chi connectivity index (χ2v) is 15.7. The second-order valence-electron chi connectivity index (χ2n) is 15.7. The Balaban J connectivity index is 2.11. The van der Waals surface area contributed by atoms with Gasteiger partial charge in [-0.15, -0.1) is 0 Å². The molecule has 0 aliphatic rings. The summed E-state index contributed by atoms with van der Waals surface area (Å²) in [7, 11) is 0. The largest absolute Gasteiger partial charge is 0.465 e. The Bertz CT molecular complexity index is 952. The van der Waals surface area contributed by atoms with E-state index in [0.717, 1.165) is 110 Å². The van der Waals surface area contributed by atoms with Crippen molar-refractivity contribution < 1.29 is 24.2 Å². The molecule has 53 heavy (non-hydrogen) atoms. The molecule has 0 aromatic heterocycles. The van der Waals surface area contributed by atoms with E-state index >= 15 is 0 Å². The fraction of sp³-hybridized carbons (Fsp3) is 0.830. The van der Waals surface area contributed by atoms with Crippen molar-refractivity contribution in [1.82, 2.24) is 4.90 Å². The molecule has 1 aromatic carbocycles. The maximum Gasteiger partial charge on any atom is 0.306 e. The number of carbonyl (C=O) groups is 2. The molecule has 0 heterocycles. The Labute approximate surface area is 327 Å². The zero-order chi connectivity index (χ0) is 38.5. The van der Waals surface area contributed by atoms with E-state index in [0.29, 0.717) is 19.4 Å². The first-order valence-corrected chi connectivity index (χ1v) is 22.8. The van der Waals surface area contributed by atoms with Crippen molar-refractivity contribution in [1.29, 1.82) is 0 Å². The average Bonchev–Trinajstić information content (AvgIpc) is 3.15. The van der Waals surface area contributed by atoms with E-state index in [1.165, 1.54) is 101 Å². The van der Waals surface area contributed by atoms with Crippen LogP contribution in [0.25, 0.3) is 0 Å². The molecule has 0 fully saturated rings. The summed E-state index contributed by atoms with van der Waals surface area (Å²) in [6.45, 7) is 10.2. The van der Waals surface area contributed by atoms with Crippen molar-refractivity contribution in [2.24, 2.45) is 0 Å². The van der Waals surface area contributed by atoms with Gasteiger partial charge in [-0.3, -0.25) is 9.59 Å². The van der Waals surface area contributed by atoms with Gasteiger partial charge in [-0.25, -0.2) is 0 Å². The third kappa shape index (κ3) is 31.0. The molecule has 0 saturated heterocycles. The van der Waals surface area contributed by atoms with Crippen molar-refractivity contribution >= 4 is 11.9 Å². The lowest BCUT2D eigenvalue weighted by Gasteiger charge is -2.21. The molecule has 6 nitrogen and oxygen atoms in total. The summed E-state index contributed by atoms with van der Waals surface area (Å²) < 4.78 is 11.5. The second kappa shape index (κ2) is 37.0. The molecule has 0 spiro atoms. The number of hydrogen-bond acceptors (Lipinski definition) is 6. The van der Waals surface area contributed by atoms with Crippen LogP contribution in [0.3, 0.4) is 0 Å². The molecular weight excluding hydrogens is 659 g/mol. The van der Waals surface area contributed by atoms with Gasteiger partial charge in [0.1, 0.15) is 6.10 Å². The average molecular weight is 744 g/mol. The van der Waals surface area contributed by atoms with Gasteiger partial charge in [-0.1, -0.05) is 154 Å². The van der Waals surface area contributed by atoms with Gasteiger partial charge in [0.05, 0.1) is 13.2 Å². The van der Waals surface area contributed by atoms with Gasteiger partial charge in [-0.05, 0) is 88.4 Å². The monoisotopic (exact) mass is 744 g/mol. The van der Waals surface area contributed by atoms with Gasteiger partial charge in [0.15, 0.2) is 0 Å². The number of benzene rings is 1. The lowest BCUT2D eigenvalue weighted by atomic mass is 10.0. The molecule has 0 aliphatic carbocycles. The molecule has 6 heteroatoms. The molecule has 0 bridgehead atoms. The van der Waals surface area contributed by atoms with Crippen molar-refractivity contribution in [3.05, 3.63) is 35.4 Å². The Kier molecular flexibility index (Phi) is 34.3. The molecule has 0 aliphatic heterocycles. The summed E-state index contributed by atoms with van der Waals surface area (Å²) in [4.78, 5) is 27.3.